The van der Waals surface area contributed by atoms with Crippen LogP contribution in [0.3, 0.4) is 0 Å². The smallest absolute Gasteiger partial charge is 0.133 e. The van der Waals surface area contributed by atoms with E-state index in [0.29, 0.717) is 10.0 Å². The van der Waals surface area contributed by atoms with Crippen molar-refractivity contribution in [2.45, 2.75) is 32.1 Å². The van der Waals surface area contributed by atoms with Crippen LogP contribution in [0.15, 0.2) is 18.2 Å². The predicted octanol–water partition coefficient (Wildman–Crippen LogP) is 4.18. The number of nitrogens with zero attached hydrogens (tertiary/aromatic N) is 3. The number of halogens is 2. The van der Waals surface area contributed by atoms with Gasteiger partial charge in [-0.3, -0.25) is 0 Å². The number of nitrogens with one attached hydrogen (secondary N) is 1. The van der Waals surface area contributed by atoms with Crippen molar-refractivity contribution < 1.29 is 0 Å². The fourth-order valence-corrected chi connectivity index (χ4v) is 4.08. The zero-order valence-electron chi connectivity index (χ0n) is 13.7. The van der Waals surface area contributed by atoms with Gasteiger partial charge in [0.2, 0.25) is 0 Å². The van der Waals surface area contributed by atoms with Crippen molar-refractivity contribution in [3.63, 3.8) is 0 Å². The fraction of sp³-hybridized carbons (Fsp3) is 0.500. The first-order valence-corrected chi connectivity index (χ1v) is 9.50. The fourth-order valence-electron chi connectivity index (χ4n) is 3.72. The Morgan fingerprint density at radius 2 is 1.96 bits per heavy atom. The topological polar surface area (TPSA) is 33.1 Å². The Morgan fingerprint density at radius 1 is 1.12 bits per heavy atom. The number of rotatable bonds is 4. The van der Waals surface area contributed by atoms with Crippen molar-refractivity contribution in [1.82, 2.24) is 14.7 Å². The zero-order chi connectivity index (χ0) is 16.5. The van der Waals surface area contributed by atoms with Gasteiger partial charge in [-0.1, -0.05) is 29.6 Å². The summed E-state index contributed by atoms with van der Waals surface area (Å²) < 4.78 is 1.93. The molecule has 0 spiro atoms. The van der Waals surface area contributed by atoms with E-state index in [9.17, 15) is 0 Å². The lowest BCUT2D eigenvalue weighted by Gasteiger charge is -2.26. The number of hydrogen-bond donors (Lipinski definition) is 1. The Hall–Kier alpha value is -1.23. The normalized spacial score (nSPS) is 17.8. The van der Waals surface area contributed by atoms with Gasteiger partial charge in [0.25, 0.3) is 0 Å². The molecule has 1 aromatic heterocycles. The lowest BCUT2D eigenvalue weighted by molar-refractivity contribution is 0.230. The Balaban J connectivity index is 1.61. The molecule has 6 heteroatoms. The molecular formula is C18H22Cl2N4. The van der Waals surface area contributed by atoms with E-state index in [1.165, 1.54) is 43.6 Å². The van der Waals surface area contributed by atoms with Crippen molar-refractivity contribution in [1.29, 1.82) is 0 Å². The third kappa shape index (κ3) is 3.15. The minimum atomic E-state index is 0.668. The van der Waals surface area contributed by atoms with Crippen molar-refractivity contribution in [3.05, 3.63) is 39.5 Å². The van der Waals surface area contributed by atoms with Crippen LogP contribution in [0.2, 0.25) is 10.0 Å². The maximum absolute atomic E-state index is 6.39. The molecule has 1 saturated heterocycles. The van der Waals surface area contributed by atoms with Gasteiger partial charge >= 0.3 is 0 Å². The Kier molecular flexibility index (Phi) is 4.70. The summed E-state index contributed by atoms with van der Waals surface area (Å²) in [6.07, 6.45) is 6.05. The summed E-state index contributed by atoms with van der Waals surface area (Å²) in [6.45, 7) is 4.50. The van der Waals surface area contributed by atoms with Crippen LogP contribution in [-0.2, 0) is 12.8 Å². The van der Waals surface area contributed by atoms with Gasteiger partial charge in [-0.25, -0.2) is 4.68 Å². The summed E-state index contributed by atoms with van der Waals surface area (Å²) in [6, 6.07) is 5.52. The molecule has 1 aromatic carbocycles. The highest BCUT2D eigenvalue weighted by Crippen LogP contribution is 2.33. The van der Waals surface area contributed by atoms with Gasteiger partial charge in [0, 0.05) is 30.1 Å². The second-order valence-corrected chi connectivity index (χ2v) is 7.45. The summed E-state index contributed by atoms with van der Waals surface area (Å²) in [5, 5.41) is 9.67. The van der Waals surface area contributed by atoms with Crippen LogP contribution in [0.25, 0.3) is 5.69 Å². The number of fused-ring (bicyclic) bond motifs is 1. The van der Waals surface area contributed by atoms with Gasteiger partial charge in [0.1, 0.15) is 5.82 Å². The minimum absolute atomic E-state index is 0.668. The molecule has 0 unspecified atom stereocenters. The number of aromatic nitrogens is 2. The van der Waals surface area contributed by atoms with Crippen LogP contribution >= 0.6 is 23.2 Å². The van der Waals surface area contributed by atoms with E-state index in [1.54, 1.807) is 0 Å². The molecule has 24 heavy (non-hydrogen) atoms. The van der Waals surface area contributed by atoms with E-state index < -0.39 is 0 Å². The summed E-state index contributed by atoms with van der Waals surface area (Å²) in [4.78, 5) is 2.56. The SMILES string of the molecule is Clc1ccc(Cl)c(-n2nc(CCN3CCCCC3)c3c2NCC3)c1. The highest BCUT2D eigenvalue weighted by molar-refractivity contribution is 6.34. The molecule has 3 heterocycles. The van der Waals surface area contributed by atoms with Crippen LogP contribution in [0, 0.1) is 0 Å². The maximum Gasteiger partial charge on any atom is 0.133 e. The van der Waals surface area contributed by atoms with Gasteiger partial charge in [0.15, 0.2) is 0 Å². The van der Waals surface area contributed by atoms with E-state index in [0.717, 1.165) is 37.4 Å². The molecule has 128 valence electrons. The number of anilines is 1. The average molecular weight is 365 g/mol. The van der Waals surface area contributed by atoms with Crippen LogP contribution in [0.5, 0.6) is 0 Å². The van der Waals surface area contributed by atoms with Gasteiger partial charge in [-0.05, 0) is 50.6 Å². The Labute approximate surface area is 152 Å². The van der Waals surface area contributed by atoms with E-state index in [-0.39, 0.29) is 0 Å². The maximum atomic E-state index is 6.39. The molecule has 2 aliphatic rings. The standard InChI is InChI=1S/C18H22Cl2N4/c19-13-4-5-15(20)17(12-13)24-18-14(6-8-21-18)16(22-24)7-11-23-9-2-1-3-10-23/h4-5,12,21H,1-3,6-11H2. The first-order valence-electron chi connectivity index (χ1n) is 8.75. The monoisotopic (exact) mass is 364 g/mol. The van der Waals surface area contributed by atoms with E-state index >= 15 is 0 Å². The van der Waals surface area contributed by atoms with Gasteiger partial charge < -0.3 is 10.2 Å². The summed E-state index contributed by atoms with van der Waals surface area (Å²) in [5.74, 6) is 1.08. The summed E-state index contributed by atoms with van der Waals surface area (Å²) in [5.41, 5.74) is 3.37. The molecule has 0 aliphatic carbocycles. The lowest BCUT2D eigenvalue weighted by atomic mass is 10.1. The van der Waals surface area contributed by atoms with Gasteiger partial charge in [0.05, 0.1) is 16.4 Å². The van der Waals surface area contributed by atoms with Crippen LogP contribution in [0.1, 0.15) is 30.5 Å². The number of hydrogen-bond acceptors (Lipinski definition) is 3. The highest BCUT2D eigenvalue weighted by Gasteiger charge is 2.24. The zero-order valence-corrected chi connectivity index (χ0v) is 15.2. The van der Waals surface area contributed by atoms with Gasteiger partial charge in [-0.15, -0.1) is 0 Å². The van der Waals surface area contributed by atoms with Crippen LogP contribution < -0.4 is 5.32 Å². The average Bonchev–Trinajstić information content (AvgIpc) is 3.19. The first-order chi connectivity index (χ1) is 11.7. The molecule has 4 rings (SSSR count). The van der Waals surface area contributed by atoms with Crippen molar-refractivity contribution in [2.75, 3.05) is 31.5 Å². The molecular weight excluding hydrogens is 343 g/mol. The molecule has 0 amide bonds. The Morgan fingerprint density at radius 3 is 2.79 bits per heavy atom. The molecule has 1 N–H and O–H groups in total. The molecule has 0 atom stereocenters. The number of piperidine rings is 1. The summed E-state index contributed by atoms with van der Waals surface area (Å²) in [7, 11) is 0. The van der Waals surface area contributed by atoms with E-state index in [4.69, 9.17) is 28.3 Å². The van der Waals surface area contributed by atoms with Crippen molar-refractivity contribution >= 4 is 29.0 Å². The van der Waals surface area contributed by atoms with Crippen molar-refractivity contribution in [2.24, 2.45) is 0 Å². The summed E-state index contributed by atoms with van der Waals surface area (Å²) >= 11 is 12.5. The molecule has 0 bridgehead atoms. The molecule has 2 aliphatic heterocycles. The highest BCUT2D eigenvalue weighted by atomic mass is 35.5. The molecule has 0 radical (unpaired) electrons. The van der Waals surface area contributed by atoms with Crippen LogP contribution in [-0.4, -0.2) is 40.9 Å². The predicted molar refractivity (Wildman–Crippen MR) is 99.8 cm³/mol. The molecule has 0 saturated carbocycles. The second kappa shape index (κ2) is 6.95. The third-order valence-corrected chi connectivity index (χ3v) is 5.54. The second-order valence-electron chi connectivity index (χ2n) is 6.61. The largest absolute Gasteiger partial charge is 0.369 e. The van der Waals surface area contributed by atoms with E-state index in [1.807, 2.05) is 22.9 Å². The first kappa shape index (κ1) is 16.2. The molecule has 4 nitrogen and oxygen atoms in total. The van der Waals surface area contributed by atoms with Crippen molar-refractivity contribution in [3.8, 4) is 5.69 Å². The van der Waals surface area contributed by atoms with E-state index in [2.05, 4.69) is 10.2 Å². The molecule has 1 fully saturated rings. The molecule has 2 aromatic rings. The van der Waals surface area contributed by atoms with Crippen LogP contribution in [0.4, 0.5) is 5.82 Å². The Bertz CT molecular complexity index is 735. The third-order valence-electron chi connectivity index (χ3n) is 4.98. The van der Waals surface area contributed by atoms with Gasteiger partial charge in [-0.2, -0.15) is 5.10 Å². The lowest BCUT2D eigenvalue weighted by Crippen LogP contribution is -2.31. The quantitative estimate of drug-likeness (QED) is 0.883. The number of likely N-dealkylation sites (tertiary alicyclic amines) is 1. The minimum Gasteiger partial charge on any atom is -0.369 e. The number of benzene rings is 1.